The molecule has 2 rings (SSSR count). The highest BCUT2D eigenvalue weighted by Gasteiger charge is 1.91. The number of rotatable bonds is 0. The summed E-state index contributed by atoms with van der Waals surface area (Å²) in [4.78, 5) is 4.25. The van der Waals surface area contributed by atoms with Crippen molar-refractivity contribution in [3.63, 3.8) is 0 Å². The average Bonchev–Trinajstić information content (AvgIpc) is 2.76. The normalized spacial score (nSPS) is 24.0. The first-order chi connectivity index (χ1) is 4.50. The van der Waals surface area contributed by atoms with Gasteiger partial charge in [0.05, 0.1) is 0 Å². The summed E-state index contributed by atoms with van der Waals surface area (Å²) >= 11 is 0. The van der Waals surface area contributed by atoms with Gasteiger partial charge in [-0.2, -0.15) is 5.48 Å². The second-order valence-electron chi connectivity index (χ2n) is 1.93. The lowest BCUT2D eigenvalue weighted by molar-refractivity contribution is 0.412. The summed E-state index contributed by atoms with van der Waals surface area (Å²) in [5, 5.41) is 6.44. The van der Waals surface area contributed by atoms with Crippen molar-refractivity contribution in [1.29, 1.82) is 0 Å². The molecule has 3 N–H and O–H groups in total. The molecule has 4 nitrogen and oxygen atoms in total. The molecular formula is C5H13N3O. The molecule has 0 aromatic carbocycles. The smallest absolute Gasteiger partial charge is 0.141 e. The van der Waals surface area contributed by atoms with Gasteiger partial charge in [0, 0.05) is 26.2 Å². The molecule has 2 fully saturated rings. The monoisotopic (exact) mass is 131 g/mol. The lowest BCUT2D eigenvalue weighted by atomic mass is 10.4. The highest BCUT2D eigenvalue weighted by Crippen LogP contribution is 1.70. The van der Waals surface area contributed by atoms with Crippen molar-refractivity contribution < 1.29 is 4.84 Å². The Labute approximate surface area is 54.9 Å². The average molecular weight is 131 g/mol. The quantitative estimate of drug-likeness (QED) is 0.356. The van der Waals surface area contributed by atoms with Gasteiger partial charge in [-0.05, 0) is 0 Å². The molecule has 0 aliphatic carbocycles. The minimum absolute atomic E-state index is 0.750. The molecule has 0 atom stereocenters. The molecule has 0 saturated carbocycles. The Bertz CT molecular complexity index is 49.0. The number of hydroxylamine groups is 1. The van der Waals surface area contributed by atoms with Crippen molar-refractivity contribution in [3.8, 4) is 0 Å². The molecule has 0 bridgehead atoms. The molecule has 0 unspecified atom stereocenters. The van der Waals surface area contributed by atoms with E-state index in [0.29, 0.717) is 0 Å². The van der Waals surface area contributed by atoms with E-state index in [1.165, 1.54) is 0 Å². The Hall–Kier alpha value is -0.160. The summed E-state index contributed by atoms with van der Waals surface area (Å²) in [7, 11) is 0. The van der Waals surface area contributed by atoms with E-state index in [0.717, 1.165) is 32.9 Å². The molecule has 9 heavy (non-hydrogen) atoms. The first kappa shape index (κ1) is 6.95. The second-order valence-corrected chi connectivity index (χ2v) is 1.93. The van der Waals surface area contributed by atoms with E-state index in [2.05, 4.69) is 21.0 Å². The third-order valence-corrected chi connectivity index (χ3v) is 1.10. The maximum Gasteiger partial charge on any atom is 0.141 e. The second kappa shape index (κ2) is 4.69. The van der Waals surface area contributed by atoms with Gasteiger partial charge in [-0.25, -0.2) is 0 Å². The van der Waals surface area contributed by atoms with Crippen LogP contribution in [0.15, 0.2) is 0 Å². The molecule has 2 aliphatic heterocycles. The van der Waals surface area contributed by atoms with Crippen LogP contribution in [0, 0.1) is 0 Å². The van der Waals surface area contributed by atoms with Gasteiger partial charge in [0.15, 0.2) is 0 Å². The van der Waals surface area contributed by atoms with Crippen LogP contribution >= 0.6 is 0 Å². The number of nitrogens with one attached hydrogen (secondary N) is 3. The zero-order valence-corrected chi connectivity index (χ0v) is 5.44. The molecule has 2 saturated heterocycles. The van der Waals surface area contributed by atoms with Crippen LogP contribution in [-0.2, 0) is 4.84 Å². The van der Waals surface area contributed by atoms with Crippen LogP contribution in [0.2, 0.25) is 0 Å². The highest BCUT2D eigenvalue weighted by atomic mass is 16.8. The molecule has 0 amide bonds. The standard InChI is InChI=1S/C4H10N2.CH3NO/c1-2-6-4-3-5-1;1-2-3-1/h5-6H,1-4H2;2H,1H2. The van der Waals surface area contributed by atoms with Crippen molar-refractivity contribution in [3.05, 3.63) is 0 Å². The fourth-order valence-corrected chi connectivity index (χ4v) is 0.604. The van der Waals surface area contributed by atoms with E-state index in [4.69, 9.17) is 0 Å². The van der Waals surface area contributed by atoms with E-state index in [-0.39, 0.29) is 0 Å². The van der Waals surface area contributed by atoms with Gasteiger partial charge in [-0.3, -0.25) is 4.84 Å². The molecule has 0 aromatic rings. The number of hydrogen-bond acceptors (Lipinski definition) is 4. The first-order valence-electron chi connectivity index (χ1n) is 3.26. The summed E-state index contributed by atoms with van der Waals surface area (Å²) in [6, 6.07) is 0. The van der Waals surface area contributed by atoms with Crippen molar-refractivity contribution in [2.24, 2.45) is 0 Å². The van der Waals surface area contributed by atoms with Crippen LogP contribution in [0.1, 0.15) is 0 Å². The van der Waals surface area contributed by atoms with E-state index in [1.54, 1.807) is 0 Å². The van der Waals surface area contributed by atoms with E-state index >= 15 is 0 Å². The molecule has 4 heteroatoms. The number of hydrogen-bond donors (Lipinski definition) is 3. The maximum atomic E-state index is 4.25. The Morgan fingerprint density at radius 2 is 1.22 bits per heavy atom. The summed E-state index contributed by atoms with van der Waals surface area (Å²) in [5.74, 6) is 0. The van der Waals surface area contributed by atoms with Crippen molar-refractivity contribution in [2.75, 3.05) is 32.9 Å². The van der Waals surface area contributed by atoms with Crippen molar-refractivity contribution in [1.82, 2.24) is 16.1 Å². The van der Waals surface area contributed by atoms with Gasteiger partial charge in [0.2, 0.25) is 0 Å². The van der Waals surface area contributed by atoms with Gasteiger partial charge in [-0.1, -0.05) is 0 Å². The molecule has 2 aliphatic rings. The summed E-state index contributed by atoms with van der Waals surface area (Å²) in [6.45, 7) is 5.31. The van der Waals surface area contributed by atoms with Crippen molar-refractivity contribution in [2.45, 2.75) is 0 Å². The zero-order valence-electron chi connectivity index (χ0n) is 5.44. The SMILES string of the molecule is C1CNCCN1.C1NO1. The zero-order chi connectivity index (χ0) is 6.36. The van der Waals surface area contributed by atoms with Gasteiger partial charge < -0.3 is 10.6 Å². The van der Waals surface area contributed by atoms with Crippen LogP contribution in [0.3, 0.4) is 0 Å². The lowest BCUT2D eigenvalue weighted by Crippen LogP contribution is -2.39. The molecule has 2 heterocycles. The molecule has 54 valence electrons. The minimum Gasteiger partial charge on any atom is -0.314 e. The Kier molecular flexibility index (Phi) is 3.63. The topological polar surface area (TPSA) is 58.5 Å². The maximum absolute atomic E-state index is 4.25. The van der Waals surface area contributed by atoms with Crippen LogP contribution in [0.4, 0.5) is 0 Å². The minimum atomic E-state index is 0.750. The van der Waals surface area contributed by atoms with Gasteiger partial charge >= 0.3 is 0 Å². The highest BCUT2D eigenvalue weighted by molar-refractivity contribution is 4.59. The predicted octanol–water partition coefficient (Wildman–Crippen LogP) is -1.34. The van der Waals surface area contributed by atoms with Gasteiger partial charge in [-0.15, -0.1) is 0 Å². The Morgan fingerprint density at radius 1 is 0.889 bits per heavy atom. The summed E-state index contributed by atoms with van der Waals surface area (Å²) in [6.07, 6.45) is 0. The number of piperazine rings is 1. The van der Waals surface area contributed by atoms with E-state index in [1.807, 2.05) is 0 Å². The van der Waals surface area contributed by atoms with Gasteiger partial charge in [0.1, 0.15) is 6.73 Å². The fourth-order valence-electron chi connectivity index (χ4n) is 0.604. The lowest BCUT2D eigenvalue weighted by Gasteiger charge is -2.11. The molecule has 0 radical (unpaired) electrons. The fraction of sp³-hybridized carbons (Fsp3) is 1.00. The van der Waals surface area contributed by atoms with Crippen LogP contribution in [0.25, 0.3) is 0 Å². The van der Waals surface area contributed by atoms with Crippen LogP contribution in [0.5, 0.6) is 0 Å². The Balaban J connectivity index is 0.000000112. The third kappa shape index (κ3) is 5.72. The van der Waals surface area contributed by atoms with Crippen LogP contribution in [-0.4, -0.2) is 32.9 Å². The Morgan fingerprint density at radius 3 is 1.33 bits per heavy atom. The molecular weight excluding hydrogens is 118 g/mol. The summed E-state index contributed by atoms with van der Waals surface area (Å²) < 4.78 is 0. The first-order valence-corrected chi connectivity index (χ1v) is 3.26. The van der Waals surface area contributed by atoms with Crippen LogP contribution < -0.4 is 16.1 Å². The summed E-state index contributed by atoms with van der Waals surface area (Å²) in [5.41, 5.74) is 2.50. The largest absolute Gasteiger partial charge is 0.314 e. The van der Waals surface area contributed by atoms with Crippen molar-refractivity contribution >= 4 is 0 Å². The van der Waals surface area contributed by atoms with E-state index in [9.17, 15) is 0 Å². The predicted molar refractivity (Wildman–Crippen MR) is 34.8 cm³/mol. The van der Waals surface area contributed by atoms with E-state index < -0.39 is 0 Å². The molecule has 0 aromatic heterocycles. The molecule has 0 spiro atoms. The third-order valence-electron chi connectivity index (χ3n) is 1.10. The van der Waals surface area contributed by atoms with Gasteiger partial charge in [0.25, 0.3) is 0 Å².